The fraction of sp³-hybridized carbons (Fsp3) is 0.286. The lowest BCUT2D eigenvalue weighted by Gasteiger charge is -2.15. The normalized spacial score (nSPS) is 10.7. The van der Waals surface area contributed by atoms with Crippen LogP contribution in [0.2, 0.25) is 0 Å². The van der Waals surface area contributed by atoms with E-state index in [1.165, 1.54) is 30.4 Å². The molecular formula is C21H23FN4O2S. The zero-order valence-corrected chi connectivity index (χ0v) is 17.2. The minimum atomic E-state index is -0.291. The number of nitrogens with zero attached hydrogens (tertiary/aromatic N) is 2. The second-order valence-corrected chi connectivity index (χ2v) is 7.96. The minimum Gasteiger partial charge on any atom is -0.351 e. The van der Waals surface area contributed by atoms with Crippen LogP contribution in [0.15, 0.2) is 42.5 Å². The van der Waals surface area contributed by atoms with Gasteiger partial charge >= 0.3 is 0 Å². The molecule has 0 saturated carbocycles. The van der Waals surface area contributed by atoms with Crippen molar-refractivity contribution in [3.8, 4) is 11.3 Å². The summed E-state index contributed by atoms with van der Waals surface area (Å²) in [4.78, 5) is 26.8. The van der Waals surface area contributed by atoms with Gasteiger partial charge in [-0.25, -0.2) is 4.39 Å². The molecule has 2 amide bonds. The predicted octanol–water partition coefficient (Wildman–Crippen LogP) is 3.62. The van der Waals surface area contributed by atoms with E-state index < -0.39 is 0 Å². The smallest absolute Gasteiger partial charge is 0.263 e. The highest BCUT2D eigenvalue weighted by Crippen LogP contribution is 2.20. The summed E-state index contributed by atoms with van der Waals surface area (Å²) in [5.74, 6) is -0.419. The number of aromatic nitrogens is 2. The number of nitrogens with one attached hydrogen (secondary N) is 2. The highest BCUT2D eigenvalue weighted by Gasteiger charge is 2.14. The maximum absolute atomic E-state index is 13.4. The van der Waals surface area contributed by atoms with Crippen LogP contribution in [0.5, 0.6) is 0 Å². The third-order valence-electron chi connectivity index (χ3n) is 4.42. The van der Waals surface area contributed by atoms with Gasteiger partial charge in [0, 0.05) is 36.7 Å². The molecule has 3 rings (SSSR count). The van der Waals surface area contributed by atoms with E-state index in [0.717, 1.165) is 29.0 Å². The van der Waals surface area contributed by atoms with E-state index in [2.05, 4.69) is 15.5 Å². The first-order valence-electron chi connectivity index (χ1n) is 9.31. The number of benzene rings is 1. The largest absolute Gasteiger partial charge is 0.351 e. The number of rotatable bonds is 8. The van der Waals surface area contributed by atoms with Crippen molar-refractivity contribution in [2.24, 2.45) is 0 Å². The van der Waals surface area contributed by atoms with Crippen molar-refractivity contribution < 1.29 is 14.0 Å². The van der Waals surface area contributed by atoms with Crippen molar-refractivity contribution in [1.29, 1.82) is 0 Å². The van der Waals surface area contributed by atoms with Gasteiger partial charge < -0.3 is 10.2 Å². The van der Waals surface area contributed by atoms with Gasteiger partial charge in [-0.05, 0) is 43.2 Å². The van der Waals surface area contributed by atoms with Gasteiger partial charge in [-0.1, -0.05) is 12.1 Å². The van der Waals surface area contributed by atoms with Crippen molar-refractivity contribution in [3.63, 3.8) is 0 Å². The van der Waals surface area contributed by atoms with Crippen LogP contribution in [0.25, 0.3) is 11.3 Å². The van der Waals surface area contributed by atoms with Crippen molar-refractivity contribution in [3.05, 3.63) is 63.7 Å². The molecule has 29 heavy (non-hydrogen) atoms. The molecule has 0 aliphatic carbocycles. The average molecular weight is 415 g/mol. The van der Waals surface area contributed by atoms with Crippen molar-refractivity contribution in [2.45, 2.75) is 26.3 Å². The Morgan fingerprint density at radius 1 is 1.24 bits per heavy atom. The Morgan fingerprint density at radius 3 is 2.83 bits per heavy atom. The Kier molecular flexibility index (Phi) is 6.77. The topological polar surface area (TPSA) is 78.1 Å². The van der Waals surface area contributed by atoms with Crippen LogP contribution in [0, 0.1) is 5.82 Å². The minimum absolute atomic E-state index is 0.0332. The van der Waals surface area contributed by atoms with Crippen LogP contribution in [-0.2, 0) is 17.8 Å². The van der Waals surface area contributed by atoms with Gasteiger partial charge in [-0.15, -0.1) is 11.3 Å². The standard InChI is InChI=1S/C21H23FN4O2S/c1-14(27)23-13-18-8-9-20(29-18)21(28)26(2)10-4-7-17-12-19(25-24-17)15-5-3-6-16(22)11-15/h3,5-6,8-9,11-12H,4,7,10,13H2,1-2H3,(H,23,27)(H,24,25). The van der Waals surface area contributed by atoms with E-state index in [0.29, 0.717) is 23.7 Å². The number of amides is 2. The summed E-state index contributed by atoms with van der Waals surface area (Å²) in [6, 6.07) is 11.9. The number of thiophene rings is 1. The second-order valence-electron chi connectivity index (χ2n) is 6.79. The first kappa shape index (κ1) is 20.7. The monoisotopic (exact) mass is 414 g/mol. The molecule has 2 N–H and O–H groups in total. The molecule has 1 aromatic carbocycles. The van der Waals surface area contributed by atoms with E-state index in [-0.39, 0.29) is 17.6 Å². The molecule has 3 aromatic rings. The van der Waals surface area contributed by atoms with Gasteiger partial charge in [0.05, 0.1) is 17.1 Å². The van der Waals surface area contributed by atoms with E-state index in [4.69, 9.17) is 0 Å². The SMILES string of the molecule is CC(=O)NCc1ccc(C(=O)N(C)CCCc2cc(-c3cccc(F)c3)n[nH]2)s1. The second kappa shape index (κ2) is 9.47. The zero-order valence-electron chi connectivity index (χ0n) is 16.4. The number of carbonyl (C=O) groups is 2. The Labute approximate surface area is 172 Å². The summed E-state index contributed by atoms with van der Waals surface area (Å²) in [7, 11) is 1.78. The van der Waals surface area contributed by atoms with Gasteiger partial charge in [0.2, 0.25) is 5.91 Å². The van der Waals surface area contributed by atoms with E-state index in [1.54, 1.807) is 24.1 Å². The number of aryl methyl sites for hydroxylation is 1. The highest BCUT2D eigenvalue weighted by molar-refractivity contribution is 7.14. The van der Waals surface area contributed by atoms with Gasteiger partial charge in [-0.3, -0.25) is 14.7 Å². The molecular weight excluding hydrogens is 391 g/mol. The van der Waals surface area contributed by atoms with Crippen LogP contribution < -0.4 is 5.32 Å². The maximum atomic E-state index is 13.4. The lowest BCUT2D eigenvalue weighted by molar-refractivity contribution is -0.119. The molecule has 2 aromatic heterocycles. The van der Waals surface area contributed by atoms with E-state index in [1.807, 2.05) is 18.2 Å². The fourth-order valence-corrected chi connectivity index (χ4v) is 3.82. The lowest BCUT2D eigenvalue weighted by atomic mass is 10.1. The van der Waals surface area contributed by atoms with Gasteiger partial charge in [0.25, 0.3) is 5.91 Å². The van der Waals surface area contributed by atoms with Crippen molar-refractivity contribution in [1.82, 2.24) is 20.4 Å². The van der Waals surface area contributed by atoms with Crippen LogP contribution >= 0.6 is 11.3 Å². The molecule has 0 aliphatic rings. The summed E-state index contributed by atoms with van der Waals surface area (Å²) in [6.07, 6.45) is 1.51. The van der Waals surface area contributed by atoms with E-state index in [9.17, 15) is 14.0 Å². The Balaban J connectivity index is 1.49. The number of halogens is 1. The number of hydrogen-bond acceptors (Lipinski definition) is 4. The molecule has 0 saturated heterocycles. The number of hydrogen-bond donors (Lipinski definition) is 2. The van der Waals surface area contributed by atoms with Gasteiger partial charge in [0.1, 0.15) is 5.82 Å². The highest BCUT2D eigenvalue weighted by atomic mass is 32.1. The Bertz CT molecular complexity index is 998. The first-order chi connectivity index (χ1) is 13.9. The summed E-state index contributed by atoms with van der Waals surface area (Å²) in [5, 5.41) is 9.95. The molecule has 0 unspecified atom stereocenters. The Hall–Kier alpha value is -3.00. The molecule has 0 aliphatic heterocycles. The molecule has 0 bridgehead atoms. The zero-order chi connectivity index (χ0) is 20.8. The summed E-state index contributed by atoms with van der Waals surface area (Å²) < 4.78 is 13.4. The van der Waals surface area contributed by atoms with Crippen LogP contribution in [0.1, 0.15) is 33.6 Å². The molecule has 2 heterocycles. The van der Waals surface area contributed by atoms with Crippen molar-refractivity contribution >= 4 is 23.2 Å². The third kappa shape index (κ3) is 5.74. The molecule has 0 atom stereocenters. The van der Waals surface area contributed by atoms with Crippen LogP contribution in [0.3, 0.4) is 0 Å². The van der Waals surface area contributed by atoms with Crippen LogP contribution in [-0.4, -0.2) is 40.5 Å². The molecule has 152 valence electrons. The Morgan fingerprint density at radius 2 is 2.07 bits per heavy atom. The lowest BCUT2D eigenvalue weighted by Crippen LogP contribution is -2.27. The summed E-state index contributed by atoms with van der Waals surface area (Å²) >= 11 is 1.39. The van der Waals surface area contributed by atoms with Gasteiger partial charge in [0.15, 0.2) is 0 Å². The number of aromatic amines is 1. The molecule has 8 heteroatoms. The molecule has 6 nitrogen and oxygen atoms in total. The van der Waals surface area contributed by atoms with Gasteiger partial charge in [-0.2, -0.15) is 5.10 Å². The first-order valence-corrected chi connectivity index (χ1v) is 10.1. The third-order valence-corrected chi connectivity index (χ3v) is 5.49. The van der Waals surface area contributed by atoms with Crippen molar-refractivity contribution in [2.75, 3.05) is 13.6 Å². The molecule has 0 radical (unpaired) electrons. The molecule has 0 fully saturated rings. The fourth-order valence-electron chi connectivity index (χ4n) is 2.88. The van der Waals surface area contributed by atoms with E-state index >= 15 is 0 Å². The average Bonchev–Trinajstić information content (AvgIpc) is 3.35. The molecule has 0 spiro atoms. The quantitative estimate of drug-likeness (QED) is 0.591. The predicted molar refractivity (Wildman–Crippen MR) is 111 cm³/mol. The number of carbonyl (C=O) groups excluding carboxylic acids is 2. The number of H-pyrrole nitrogens is 1. The summed E-state index contributed by atoms with van der Waals surface area (Å²) in [5.41, 5.74) is 2.38. The summed E-state index contributed by atoms with van der Waals surface area (Å²) in [6.45, 7) is 2.50. The maximum Gasteiger partial charge on any atom is 0.263 e. The van der Waals surface area contributed by atoms with Crippen LogP contribution in [0.4, 0.5) is 4.39 Å².